The Bertz CT molecular complexity index is 422. The molecular weight excluding hydrogens is 248 g/mol. The molecule has 1 aromatic carbocycles. The summed E-state index contributed by atoms with van der Waals surface area (Å²) in [6.07, 6.45) is 3.44. The zero-order chi connectivity index (χ0) is 14.5. The zero-order valence-electron chi connectivity index (χ0n) is 12.5. The molecule has 1 aliphatic rings. The summed E-state index contributed by atoms with van der Waals surface area (Å²) < 4.78 is 0. The van der Waals surface area contributed by atoms with Gasteiger partial charge in [-0.15, -0.1) is 0 Å². The summed E-state index contributed by atoms with van der Waals surface area (Å²) in [5.41, 5.74) is 6.81. The summed E-state index contributed by atoms with van der Waals surface area (Å²) in [7, 11) is 0. The van der Waals surface area contributed by atoms with E-state index in [1.54, 1.807) is 0 Å². The summed E-state index contributed by atoms with van der Waals surface area (Å²) in [5.74, 6) is 1.22. The Morgan fingerprint density at radius 2 is 1.80 bits per heavy atom. The molecule has 1 aromatic rings. The van der Waals surface area contributed by atoms with Crippen molar-refractivity contribution in [2.75, 3.05) is 6.54 Å². The van der Waals surface area contributed by atoms with Crippen LogP contribution < -0.4 is 11.1 Å². The Morgan fingerprint density at radius 3 is 2.35 bits per heavy atom. The van der Waals surface area contributed by atoms with Gasteiger partial charge in [0, 0.05) is 12.6 Å². The monoisotopic (exact) mass is 274 g/mol. The van der Waals surface area contributed by atoms with Crippen molar-refractivity contribution >= 4 is 5.91 Å². The van der Waals surface area contributed by atoms with Crippen molar-refractivity contribution in [3.63, 3.8) is 0 Å². The Hall–Kier alpha value is -1.35. The number of benzene rings is 1. The predicted molar refractivity (Wildman–Crippen MR) is 82.3 cm³/mol. The van der Waals surface area contributed by atoms with Gasteiger partial charge in [0.1, 0.15) is 0 Å². The number of amides is 1. The van der Waals surface area contributed by atoms with E-state index in [-0.39, 0.29) is 11.8 Å². The minimum Gasteiger partial charge on any atom is -0.353 e. The fourth-order valence-corrected chi connectivity index (χ4v) is 3.45. The highest BCUT2D eigenvalue weighted by Gasteiger charge is 2.27. The minimum absolute atomic E-state index is 0.0741. The van der Waals surface area contributed by atoms with Crippen LogP contribution >= 0.6 is 0 Å². The zero-order valence-corrected chi connectivity index (χ0v) is 12.5. The number of hydrogen-bond acceptors (Lipinski definition) is 2. The largest absolute Gasteiger partial charge is 0.353 e. The second-order valence-corrected chi connectivity index (χ2v) is 6.32. The van der Waals surface area contributed by atoms with Crippen LogP contribution in [0.2, 0.25) is 0 Å². The topological polar surface area (TPSA) is 55.1 Å². The van der Waals surface area contributed by atoms with Gasteiger partial charge in [-0.1, -0.05) is 44.2 Å². The second kappa shape index (κ2) is 6.89. The smallest absolute Gasteiger partial charge is 0.229 e. The second-order valence-electron chi connectivity index (χ2n) is 6.32. The van der Waals surface area contributed by atoms with E-state index < -0.39 is 0 Å². The number of nitrogens with two attached hydrogens (primary N) is 1. The third kappa shape index (κ3) is 3.83. The number of nitrogens with one attached hydrogen (secondary N) is 1. The van der Waals surface area contributed by atoms with Crippen LogP contribution in [0.4, 0.5) is 0 Å². The third-order valence-corrected chi connectivity index (χ3v) is 4.28. The highest BCUT2D eigenvalue weighted by atomic mass is 16.1. The van der Waals surface area contributed by atoms with Crippen molar-refractivity contribution in [1.29, 1.82) is 0 Å². The first-order valence-corrected chi connectivity index (χ1v) is 7.65. The van der Waals surface area contributed by atoms with Crippen molar-refractivity contribution in [2.24, 2.45) is 17.6 Å². The highest BCUT2D eigenvalue weighted by Crippen LogP contribution is 2.29. The molecule has 0 aromatic heterocycles. The van der Waals surface area contributed by atoms with E-state index >= 15 is 0 Å². The highest BCUT2D eigenvalue weighted by molar-refractivity contribution is 5.84. The first-order valence-electron chi connectivity index (χ1n) is 7.65. The number of rotatable bonds is 4. The van der Waals surface area contributed by atoms with E-state index in [0.717, 1.165) is 18.4 Å². The van der Waals surface area contributed by atoms with Crippen LogP contribution in [0.25, 0.3) is 0 Å². The molecule has 3 heteroatoms. The lowest BCUT2D eigenvalue weighted by Gasteiger charge is -2.32. The van der Waals surface area contributed by atoms with Gasteiger partial charge in [-0.2, -0.15) is 0 Å². The van der Waals surface area contributed by atoms with Crippen LogP contribution in [0.15, 0.2) is 30.3 Å². The molecule has 2 rings (SSSR count). The maximum absolute atomic E-state index is 12.5. The Morgan fingerprint density at radius 1 is 1.20 bits per heavy atom. The maximum atomic E-state index is 12.5. The standard InChI is InChI=1S/C17H26N2O/c1-12-8-13(2)10-15(9-12)19-17(20)16(11-18)14-6-4-3-5-7-14/h3-7,12-13,15-16H,8-11,18H2,1-2H3,(H,19,20). The van der Waals surface area contributed by atoms with Gasteiger partial charge in [0.25, 0.3) is 0 Å². The van der Waals surface area contributed by atoms with Crippen molar-refractivity contribution in [3.05, 3.63) is 35.9 Å². The van der Waals surface area contributed by atoms with Crippen LogP contribution in [0.3, 0.4) is 0 Å². The molecule has 1 amide bonds. The normalized spacial score (nSPS) is 27.9. The first kappa shape index (κ1) is 15.0. The molecule has 1 aliphatic carbocycles. The molecule has 3 unspecified atom stereocenters. The third-order valence-electron chi connectivity index (χ3n) is 4.28. The molecule has 0 radical (unpaired) electrons. The van der Waals surface area contributed by atoms with Crippen LogP contribution in [-0.4, -0.2) is 18.5 Å². The lowest BCUT2D eigenvalue weighted by atomic mass is 9.80. The van der Waals surface area contributed by atoms with Crippen LogP contribution in [-0.2, 0) is 4.79 Å². The van der Waals surface area contributed by atoms with Gasteiger partial charge in [0.15, 0.2) is 0 Å². The number of carbonyl (C=O) groups excluding carboxylic acids is 1. The van der Waals surface area contributed by atoms with Crippen molar-refractivity contribution in [2.45, 2.75) is 45.1 Å². The quantitative estimate of drug-likeness (QED) is 0.887. The molecule has 110 valence electrons. The van der Waals surface area contributed by atoms with Gasteiger partial charge in [0.05, 0.1) is 5.92 Å². The summed E-state index contributed by atoms with van der Waals surface area (Å²) >= 11 is 0. The number of carbonyl (C=O) groups is 1. The molecule has 0 bridgehead atoms. The van der Waals surface area contributed by atoms with Gasteiger partial charge in [-0.3, -0.25) is 4.79 Å². The summed E-state index contributed by atoms with van der Waals surface area (Å²) in [5, 5.41) is 3.21. The lowest BCUT2D eigenvalue weighted by Crippen LogP contribution is -2.43. The SMILES string of the molecule is CC1CC(C)CC(NC(=O)C(CN)c2ccccc2)C1. The summed E-state index contributed by atoms with van der Waals surface area (Å²) in [4.78, 5) is 12.5. The first-order chi connectivity index (χ1) is 9.60. The Kier molecular flexibility index (Phi) is 5.18. The van der Waals surface area contributed by atoms with Gasteiger partial charge >= 0.3 is 0 Å². The molecule has 3 atom stereocenters. The average molecular weight is 274 g/mol. The predicted octanol–water partition coefficient (Wildman–Crippen LogP) is 2.67. The molecule has 0 aliphatic heterocycles. The van der Waals surface area contributed by atoms with E-state index in [1.807, 2.05) is 30.3 Å². The molecule has 0 heterocycles. The molecule has 20 heavy (non-hydrogen) atoms. The van der Waals surface area contributed by atoms with E-state index in [4.69, 9.17) is 5.73 Å². The number of hydrogen-bond donors (Lipinski definition) is 2. The average Bonchev–Trinajstić information content (AvgIpc) is 2.39. The van der Waals surface area contributed by atoms with Crippen molar-refractivity contribution in [3.8, 4) is 0 Å². The van der Waals surface area contributed by atoms with E-state index in [0.29, 0.717) is 24.4 Å². The maximum Gasteiger partial charge on any atom is 0.229 e. The van der Waals surface area contributed by atoms with Crippen LogP contribution in [0, 0.1) is 11.8 Å². The molecule has 3 nitrogen and oxygen atoms in total. The van der Waals surface area contributed by atoms with E-state index in [1.165, 1.54) is 6.42 Å². The Balaban J connectivity index is 1.99. The van der Waals surface area contributed by atoms with Crippen LogP contribution in [0.1, 0.15) is 44.6 Å². The minimum atomic E-state index is -0.233. The molecule has 3 N–H and O–H groups in total. The summed E-state index contributed by atoms with van der Waals surface area (Å²) in [6.45, 7) is 4.90. The van der Waals surface area contributed by atoms with Crippen molar-refractivity contribution in [1.82, 2.24) is 5.32 Å². The van der Waals surface area contributed by atoms with Crippen molar-refractivity contribution < 1.29 is 4.79 Å². The van der Waals surface area contributed by atoms with Gasteiger partial charge in [-0.25, -0.2) is 0 Å². The van der Waals surface area contributed by atoms with E-state index in [9.17, 15) is 4.79 Å². The fourth-order valence-electron chi connectivity index (χ4n) is 3.45. The molecule has 1 fully saturated rings. The molecular formula is C17H26N2O. The van der Waals surface area contributed by atoms with Crippen LogP contribution in [0.5, 0.6) is 0 Å². The Labute approximate surface area is 121 Å². The molecule has 0 spiro atoms. The summed E-state index contributed by atoms with van der Waals surface area (Å²) in [6, 6.07) is 10.1. The fraction of sp³-hybridized carbons (Fsp3) is 0.588. The van der Waals surface area contributed by atoms with E-state index in [2.05, 4.69) is 19.2 Å². The van der Waals surface area contributed by atoms with Gasteiger partial charge in [-0.05, 0) is 36.7 Å². The lowest BCUT2D eigenvalue weighted by molar-refractivity contribution is -0.123. The molecule has 1 saturated carbocycles. The molecule has 0 saturated heterocycles. The van der Waals surface area contributed by atoms with Gasteiger partial charge in [0.2, 0.25) is 5.91 Å². The van der Waals surface area contributed by atoms with Gasteiger partial charge < -0.3 is 11.1 Å².